The van der Waals surface area contributed by atoms with Crippen LogP contribution in [-0.2, 0) is 0 Å². The van der Waals surface area contributed by atoms with Crippen LogP contribution in [0.25, 0.3) is 0 Å². The lowest BCUT2D eigenvalue weighted by Gasteiger charge is -2.24. The third-order valence-corrected chi connectivity index (χ3v) is 3.10. The second kappa shape index (κ2) is 5.25. The number of para-hydroxylation sites is 1. The highest BCUT2D eigenvalue weighted by Gasteiger charge is 2.23. The maximum Gasteiger partial charge on any atom is 0.387 e. The molecule has 0 N–H and O–H groups in total. The van der Waals surface area contributed by atoms with Crippen LogP contribution >= 0.6 is 0 Å². The minimum absolute atomic E-state index is 0.0215. The highest BCUT2D eigenvalue weighted by atomic mass is 19.3. The molecule has 0 aromatic heterocycles. The molecule has 0 bridgehead atoms. The maximum absolute atomic E-state index is 12.2. The van der Waals surface area contributed by atoms with Crippen LogP contribution in [-0.4, -0.2) is 12.4 Å². The fourth-order valence-electron chi connectivity index (χ4n) is 1.96. The van der Waals surface area contributed by atoms with Gasteiger partial charge in [0.25, 0.3) is 0 Å². The molecule has 17 heavy (non-hydrogen) atoms. The highest BCUT2D eigenvalue weighted by Crippen LogP contribution is 2.32. The van der Waals surface area contributed by atoms with Crippen LogP contribution in [0.1, 0.15) is 36.0 Å². The molecule has 0 heterocycles. The number of carbonyl (C=O) groups excluding carboxylic acids is 1. The molecule has 0 spiro atoms. The minimum atomic E-state index is -2.90. The number of Topliss-reactive ketones (excluding diaryl/α,β-unsaturated/α-hetero) is 1. The summed E-state index contributed by atoms with van der Waals surface area (Å²) in [6, 6.07) is 6.18. The van der Waals surface area contributed by atoms with Crippen LogP contribution < -0.4 is 4.74 Å². The first-order valence-corrected chi connectivity index (χ1v) is 5.74. The lowest BCUT2D eigenvalue weighted by molar-refractivity contribution is -0.0501. The summed E-state index contributed by atoms with van der Waals surface area (Å²) < 4.78 is 28.7. The zero-order valence-corrected chi connectivity index (χ0v) is 9.36. The van der Waals surface area contributed by atoms with E-state index in [9.17, 15) is 13.6 Å². The molecule has 1 aromatic carbocycles. The van der Waals surface area contributed by atoms with Crippen molar-refractivity contribution in [3.8, 4) is 5.75 Å². The van der Waals surface area contributed by atoms with Gasteiger partial charge in [0.2, 0.25) is 0 Å². The largest absolute Gasteiger partial charge is 0.434 e. The molecule has 1 aliphatic carbocycles. The molecular weight excluding hydrogens is 226 g/mol. The van der Waals surface area contributed by atoms with Crippen molar-refractivity contribution in [3.63, 3.8) is 0 Å². The molecule has 0 saturated heterocycles. The lowest BCUT2D eigenvalue weighted by atomic mass is 9.81. The van der Waals surface area contributed by atoms with Crippen molar-refractivity contribution in [2.75, 3.05) is 0 Å². The standard InChI is InChI=1S/C13H14F2O2/c14-13(15)17-12-7-2-1-6-10(12)11(16)8-9-4-3-5-9/h1-2,6-7,9,13H,3-5,8H2. The van der Waals surface area contributed by atoms with Gasteiger partial charge in [-0.25, -0.2) is 0 Å². The van der Waals surface area contributed by atoms with E-state index in [0.29, 0.717) is 12.3 Å². The first-order chi connectivity index (χ1) is 8.16. The van der Waals surface area contributed by atoms with Crippen molar-refractivity contribution in [3.05, 3.63) is 29.8 Å². The molecule has 0 amide bonds. The van der Waals surface area contributed by atoms with Crippen molar-refractivity contribution in [1.82, 2.24) is 0 Å². The Labute approximate surface area is 98.6 Å². The molecule has 4 heteroatoms. The zero-order valence-electron chi connectivity index (χ0n) is 9.36. The van der Waals surface area contributed by atoms with Crippen molar-refractivity contribution >= 4 is 5.78 Å². The van der Waals surface area contributed by atoms with Crippen LogP contribution in [0, 0.1) is 5.92 Å². The number of ether oxygens (including phenoxy) is 1. The van der Waals surface area contributed by atoms with E-state index in [0.717, 1.165) is 19.3 Å². The Balaban J connectivity index is 2.09. The van der Waals surface area contributed by atoms with Crippen molar-refractivity contribution in [2.45, 2.75) is 32.3 Å². The zero-order chi connectivity index (χ0) is 12.3. The van der Waals surface area contributed by atoms with Gasteiger partial charge in [-0.15, -0.1) is 0 Å². The van der Waals surface area contributed by atoms with Crippen LogP contribution in [0.3, 0.4) is 0 Å². The number of rotatable bonds is 5. The highest BCUT2D eigenvalue weighted by molar-refractivity contribution is 5.98. The molecule has 2 nitrogen and oxygen atoms in total. The normalized spacial score (nSPS) is 15.7. The molecule has 1 aromatic rings. The van der Waals surface area contributed by atoms with Crippen LogP contribution in [0.4, 0.5) is 8.78 Å². The Kier molecular flexibility index (Phi) is 3.71. The van der Waals surface area contributed by atoms with E-state index in [1.54, 1.807) is 18.2 Å². The predicted octanol–water partition coefficient (Wildman–Crippen LogP) is 3.66. The van der Waals surface area contributed by atoms with E-state index in [1.807, 2.05) is 0 Å². The fourth-order valence-corrected chi connectivity index (χ4v) is 1.96. The summed E-state index contributed by atoms with van der Waals surface area (Å²) in [6.07, 6.45) is 3.71. The Morgan fingerprint density at radius 2 is 2.06 bits per heavy atom. The van der Waals surface area contributed by atoms with E-state index in [4.69, 9.17) is 0 Å². The summed E-state index contributed by atoms with van der Waals surface area (Å²) >= 11 is 0. The predicted molar refractivity (Wildman–Crippen MR) is 59.4 cm³/mol. The number of ketones is 1. The van der Waals surface area contributed by atoms with E-state index in [2.05, 4.69) is 4.74 Å². The quantitative estimate of drug-likeness (QED) is 0.734. The van der Waals surface area contributed by atoms with Crippen molar-refractivity contribution in [2.24, 2.45) is 5.92 Å². The third kappa shape index (κ3) is 3.02. The molecular formula is C13H14F2O2. The topological polar surface area (TPSA) is 26.3 Å². The Hall–Kier alpha value is -1.45. The number of hydrogen-bond acceptors (Lipinski definition) is 2. The summed E-state index contributed by atoms with van der Waals surface area (Å²) in [5, 5.41) is 0. The van der Waals surface area contributed by atoms with Crippen LogP contribution in [0.5, 0.6) is 5.75 Å². The number of benzene rings is 1. The molecule has 1 aliphatic rings. The smallest absolute Gasteiger partial charge is 0.387 e. The molecule has 2 rings (SSSR count). The Morgan fingerprint density at radius 1 is 1.35 bits per heavy atom. The van der Waals surface area contributed by atoms with Gasteiger partial charge in [-0.3, -0.25) is 4.79 Å². The maximum atomic E-state index is 12.2. The van der Waals surface area contributed by atoms with Gasteiger partial charge in [-0.05, 0) is 18.1 Å². The van der Waals surface area contributed by atoms with E-state index < -0.39 is 6.61 Å². The molecule has 0 aliphatic heterocycles. The summed E-state index contributed by atoms with van der Waals surface area (Å²) in [4.78, 5) is 11.9. The van der Waals surface area contributed by atoms with E-state index in [1.165, 1.54) is 6.07 Å². The summed E-state index contributed by atoms with van der Waals surface area (Å²) in [5.41, 5.74) is 0.264. The van der Waals surface area contributed by atoms with E-state index >= 15 is 0 Å². The molecule has 92 valence electrons. The van der Waals surface area contributed by atoms with Gasteiger partial charge < -0.3 is 4.74 Å². The average molecular weight is 240 g/mol. The van der Waals surface area contributed by atoms with Gasteiger partial charge in [-0.2, -0.15) is 8.78 Å². The van der Waals surface area contributed by atoms with Gasteiger partial charge in [0.1, 0.15) is 5.75 Å². The van der Waals surface area contributed by atoms with Crippen molar-refractivity contribution < 1.29 is 18.3 Å². The average Bonchev–Trinajstić information content (AvgIpc) is 2.23. The number of alkyl halides is 2. The SMILES string of the molecule is O=C(CC1CCC1)c1ccccc1OC(F)F. The molecule has 1 saturated carbocycles. The number of hydrogen-bond donors (Lipinski definition) is 0. The fraction of sp³-hybridized carbons (Fsp3) is 0.462. The number of halogens is 2. The third-order valence-electron chi connectivity index (χ3n) is 3.10. The first kappa shape index (κ1) is 12.0. The van der Waals surface area contributed by atoms with Gasteiger partial charge in [0.15, 0.2) is 5.78 Å². The summed E-state index contributed by atoms with van der Waals surface area (Å²) in [6.45, 7) is -2.90. The monoisotopic (exact) mass is 240 g/mol. The van der Waals surface area contributed by atoms with Gasteiger partial charge >= 0.3 is 6.61 Å². The summed E-state index contributed by atoms with van der Waals surface area (Å²) in [7, 11) is 0. The molecule has 1 fully saturated rings. The lowest BCUT2D eigenvalue weighted by Crippen LogP contribution is -2.17. The second-order valence-corrected chi connectivity index (χ2v) is 4.30. The molecule has 0 unspecified atom stereocenters. The Bertz CT molecular complexity index is 400. The first-order valence-electron chi connectivity index (χ1n) is 5.74. The summed E-state index contributed by atoms with van der Waals surface area (Å²) in [5.74, 6) is 0.292. The van der Waals surface area contributed by atoms with Crippen LogP contribution in [0.15, 0.2) is 24.3 Å². The molecule has 0 atom stereocenters. The van der Waals surface area contributed by atoms with Crippen LogP contribution in [0.2, 0.25) is 0 Å². The van der Waals surface area contributed by atoms with Crippen molar-refractivity contribution in [1.29, 1.82) is 0 Å². The minimum Gasteiger partial charge on any atom is -0.434 e. The van der Waals surface area contributed by atoms with Gasteiger partial charge in [0.05, 0.1) is 5.56 Å². The Morgan fingerprint density at radius 3 is 2.65 bits per heavy atom. The second-order valence-electron chi connectivity index (χ2n) is 4.30. The van der Waals surface area contributed by atoms with E-state index in [-0.39, 0.29) is 17.1 Å². The van der Waals surface area contributed by atoms with Gasteiger partial charge in [0, 0.05) is 6.42 Å². The number of carbonyl (C=O) groups is 1. The molecule has 0 radical (unpaired) electrons. The van der Waals surface area contributed by atoms with Gasteiger partial charge in [-0.1, -0.05) is 31.4 Å².